The molecule has 2 nitrogen and oxygen atoms in total. The van der Waals surface area contributed by atoms with Crippen LogP contribution in [0.4, 0.5) is 0 Å². The molecule has 0 saturated heterocycles. The Balaban J connectivity index is 2.24. The molecule has 0 aliphatic carbocycles. The van der Waals surface area contributed by atoms with Gasteiger partial charge >= 0.3 is 0 Å². The highest BCUT2D eigenvalue weighted by molar-refractivity contribution is 5.95. The summed E-state index contributed by atoms with van der Waals surface area (Å²) in [6.07, 6.45) is 0.408. The topological polar surface area (TPSA) is 30.2 Å². The fourth-order valence-electron chi connectivity index (χ4n) is 1.96. The molecule has 0 radical (unpaired) electrons. The molecule has 0 spiro atoms. The molecule has 2 heteroatoms. The Labute approximate surface area is 101 Å². The van der Waals surface area contributed by atoms with E-state index in [2.05, 4.69) is 0 Å². The zero-order chi connectivity index (χ0) is 12.4. The van der Waals surface area contributed by atoms with Gasteiger partial charge in [0.1, 0.15) is 5.76 Å². The van der Waals surface area contributed by atoms with E-state index in [1.165, 1.54) is 0 Å². The lowest BCUT2D eigenvalue weighted by Crippen LogP contribution is -2.05. The van der Waals surface area contributed by atoms with Gasteiger partial charge in [-0.15, -0.1) is 0 Å². The van der Waals surface area contributed by atoms with Crippen LogP contribution in [0.25, 0.3) is 0 Å². The van der Waals surface area contributed by atoms with E-state index in [9.17, 15) is 4.79 Å². The van der Waals surface area contributed by atoms with E-state index in [4.69, 9.17) is 4.42 Å². The van der Waals surface area contributed by atoms with E-state index in [0.29, 0.717) is 12.2 Å². The third-order valence-electron chi connectivity index (χ3n) is 3.00. The van der Waals surface area contributed by atoms with Gasteiger partial charge in [0.25, 0.3) is 0 Å². The van der Waals surface area contributed by atoms with E-state index in [1.54, 1.807) is 6.07 Å². The molecule has 0 atom stereocenters. The first-order valence-electron chi connectivity index (χ1n) is 5.72. The first kappa shape index (κ1) is 11.6. The molecule has 1 aromatic heterocycles. The molecule has 2 aromatic rings. The summed E-state index contributed by atoms with van der Waals surface area (Å²) in [6.45, 7) is 5.90. The molecule has 17 heavy (non-hydrogen) atoms. The number of Topliss-reactive ketones (excluding diaryl/α,β-unsaturated/α-hetero) is 1. The van der Waals surface area contributed by atoms with E-state index >= 15 is 0 Å². The summed E-state index contributed by atoms with van der Waals surface area (Å²) in [5.41, 5.74) is 3.41. The van der Waals surface area contributed by atoms with Crippen LogP contribution in [0.5, 0.6) is 0 Å². The largest absolute Gasteiger partial charge is 0.458 e. The number of hydrogen-bond donors (Lipinski definition) is 0. The van der Waals surface area contributed by atoms with Gasteiger partial charge in [0.2, 0.25) is 5.78 Å². The van der Waals surface area contributed by atoms with Gasteiger partial charge in [-0.2, -0.15) is 0 Å². The molecule has 0 aliphatic heterocycles. The standard InChI is InChI=1S/C15H16O2/c1-10-5-4-6-11(2)13(10)9-14(16)15-8-7-12(3)17-15/h4-8H,9H2,1-3H3. The summed E-state index contributed by atoms with van der Waals surface area (Å²) in [7, 11) is 0. The summed E-state index contributed by atoms with van der Waals surface area (Å²) < 4.78 is 5.35. The monoisotopic (exact) mass is 228 g/mol. The van der Waals surface area contributed by atoms with Gasteiger partial charge in [0.05, 0.1) is 0 Å². The van der Waals surface area contributed by atoms with Crippen molar-refractivity contribution >= 4 is 5.78 Å². The van der Waals surface area contributed by atoms with Crippen molar-refractivity contribution in [2.24, 2.45) is 0 Å². The van der Waals surface area contributed by atoms with Gasteiger partial charge in [-0.1, -0.05) is 18.2 Å². The second-order valence-corrected chi connectivity index (χ2v) is 4.38. The van der Waals surface area contributed by atoms with Crippen LogP contribution in [0.2, 0.25) is 0 Å². The number of aryl methyl sites for hydroxylation is 3. The van der Waals surface area contributed by atoms with Crippen LogP contribution in [0.3, 0.4) is 0 Å². The molecule has 0 fully saturated rings. The molecule has 0 aliphatic rings. The molecular weight excluding hydrogens is 212 g/mol. The van der Waals surface area contributed by atoms with Crippen LogP contribution in [-0.4, -0.2) is 5.78 Å². The van der Waals surface area contributed by atoms with Crippen LogP contribution in [0.1, 0.15) is 33.0 Å². The average Bonchev–Trinajstić information content (AvgIpc) is 2.70. The summed E-state index contributed by atoms with van der Waals surface area (Å²) in [5, 5.41) is 0. The van der Waals surface area contributed by atoms with E-state index < -0.39 is 0 Å². The average molecular weight is 228 g/mol. The highest BCUT2D eigenvalue weighted by Gasteiger charge is 2.13. The molecule has 0 saturated carbocycles. The Morgan fingerprint density at radius 2 is 1.71 bits per heavy atom. The predicted octanol–water partition coefficient (Wildman–Crippen LogP) is 3.63. The Hall–Kier alpha value is -1.83. The number of carbonyl (C=O) groups excluding carboxylic acids is 1. The first-order valence-corrected chi connectivity index (χ1v) is 5.72. The van der Waals surface area contributed by atoms with Crippen LogP contribution in [0.15, 0.2) is 34.7 Å². The number of ketones is 1. The van der Waals surface area contributed by atoms with Crippen LogP contribution in [-0.2, 0) is 6.42 Å². The van der Waals surface area contributed by atoms with E-state index in [-0.39, 0.29) is 5.78 Å². The third-order valence-corrected chi connectivity index (χ3v) is 3.00. The van der Waals surface area contributed by atoms with Crippen molar-refractivity contribution in [1.29, 1.82) is 0 Å². The molecule has 0 amide bonds. The Morgan fingerprint density at radius 1 is 1.06 bits per heavy atom. The zero-order valence-electron chi connectivity index (χ0n) is 10.4. The van der Waals surface area contributed by atoms with Crippen molar-refractivity contribution in [3.63, 3.8) is 0 Å². The minimum atomic E-state index is 0.0375. The Kier molecular flexibility index (Phi) is 3.14. The summed E-state index contributed by atoms with van der Waals surface area (Å²) in [4.78, 5) is 12.0. The van der Waals surface area contributed by atoms with E-state index in [0.717, 1.165) is 22.5 Å². The van der Waals surface area contributed by atoms with Crippen molar-refractivity contribution in [3.8, 4) is 0 Å². The van der Waals surface area contributed by atoms with Gasteiger partial charge < -0.3 is 4.42 Å². The van der Waals surface area contributed by atoms with Crippen molar-refractivity contribution in [2.45, 2.75) is 27.2 Å². The van der Waals surface area contributed by atoms with Crippen molar-refractivity contribution < 1.29 is 9.21 Å². The summed E-state index contributed by atoms with van der Waals surface area (Å²) in [5.74, 6) is 1.26. The molecule has 2 rings (SSSR count). The number of benzene rings is 1. The maximum absolute atomic E-state index is 12.0. The predicted molar refractivity (Wildman–Crippen MR) is 67.4 cm³/mol. The molecule has 0 N–H and O–H groups in total. The second kappa shape index (κ2) is 4.58. The smallest absolute Gasteiger partial charge is 0.202 e. The van der Waals surface area contributed by atoms with Crippen molar-refractivity contribution in [1.82, 2.24) is 0 Å². The third kappa shape index (κ3) is 2.47. The fraction of sp³-hybridized carbons (Fsp3) is 0.267. The summed E-state index contributed by atoms with van der Waals surface area (Å²) in [6, 6.07) is 9.63. The molecule has 1 aromatic carbocycles. The molecule has 1 heterocycles. The number of furan rings is 1. The maximum atomic E-state index is 12.0. The Bertz CT molecular complexity index is 530. The van der Waals surface area contributed by atoms with Crippen LogP contribution in [0, 0.1) is 20.8 Å². The number of carbonyl (C=O) groups is 1. The van der Waals surface area contributed by atoms with Gasteiger partial charge in [0.15, 0.2) is 5.76 Å². The summed E-state index contributed by atoms with van der Waals surface area (Å²) >= 11 is 0. The second-order valence-electron chi connectivity index (χ2n) is 4.38. The molecular formula is C15H16O2. The van der Waals surface area contributed by atoms with E-state index in [1.807, 2.05) is 45.0 Å². The highest BCUT2D eigenvalue weighted by Crippen LogP contribution is 2.17. The van der Waals surface area contributed by atoms with Gasteiger partial charge in [-0.05, 0) is 49.6 Å². The minimum absolute atomic E-state index is 0.0375. The lowest BCUT2D eigenvalue weighted by atomic mass is 9.97. The first-order chi connectivity index (χ1) is 8.08. The van der Waals surface area contributed by atoms with Gasteiger partial charge in [0, 0.05) is 6.42 Å². The quantitative estimate of drug-likeness (QED) is 0.751. The van der Waals surface area contributed by atoms with Crippen LogP contribution < -0.4 is 0 Å². The van der Waals surface area contributed by atoms with Gasteiger partial charge in [-0.3, -0.25) is 4.79 Å². The SMILES string of the molecule is Cc1ccc(C(=O)Cc2c(C)cccc2C)o1. The highest BCUT2D eigenvalue weighted by atomic mass is 16.3. The lowest BCUT2D eigenvalue weighted by molar-refractivity contribution is 0.0964. The minimum Gasteiger partial charge on any atom is -0.458 e. The lowest BCUT2D eigenvalue weighted by Gasteiger charge is -2.07. The van der Waals surface area contributed by atoms with Gasteiger partial charge in [-0.25, -0.2) is 0 Å². The van der Waals surface area contributed by atoms with Crippen molar-refractivity contribution in [2.75, 3.05) is 0 Å². The zero-order valence-corrected chi connectivity index (χ0v) is 10.4. The normalized spacial score (nSPS) is 10.5. The van der Waals surface area contributed by atoms with Crippen molar-refractivity contribution in [3.05, 3.63) is 58.5 Å². The Morgan fingerprint density at radius 3 is 2.24 bits per heavy atom. The molecule has 88 valence electrons. The molecule has 0 bridgehead atoms. The van der Waals surface area contributed by atoms with Crippen LogP contribution >= 0.6 is 0 Å². The fourth-order valence-corrected chi connectivity index (χ4v) is 1.96. The maximum Gasteiger partial charge on any atom is 0.202 e. The molecule has 0 unspecified atom stereocenters. The number of hydrogen-bond acceptors (Lipinski definition) is 2. The number of rotatable bonds is 3.